The Hall–Kier alpha value is -1.10. The fraction of sp³-hybridized carbons (Fsp3) is 0.600. The monoisotopic (exact) mass is 264 g/mol. The van der Waals surface area contributed by atoms with Crippen LogP contribution in [0.2, 0.25) is 0 Å². The van der Waals surface area contributed by atoms with Crippen LogP contribution >= 0.6 is 0 Å². The number of ether oxygens (including phenoxy) is 2. The molecule has 1 aliphatic heterocycles. The third-order valence-corrected chi connectivity index (χ3v) is 3.52. The van der Waals surface area contributed by atoms with Gasteiger partial charge in [0, 0.05) is 19.7 Å². The molecule has 0 atom stereocenters. The fourth-order valence-electron chi connectivity index (χ4n) is 2.30. The first-order valence-electron chi connectivity index (χ1n) is 6.96. The van der Waals surface area contributed by atoms with E-state index >= 15 is 0 Å². The van der Waals surface area contributed by atoms with Gasteiger partial charge in [0.2, 0.25) is 0 Å². The molecule has 0 aliphatic carbocycles. The number of likely N-dealkylation sites (tertiary alicyclic amines) is 1. The Morgan fingerprint density at radius 2 is 1.84 bits per heavy atom. The number of piperidine rings is 1. The lowest BCUT2D eigenvalue weighted by Crippen LogP contribution is -2.39. The number of nitrogens with zero attached hydrogens (tertiary/aromatic N) is 1. The normalized spacial score (nSPS) is 17.6. The molecular weight excluding hydrogens is 240 g/mol. The largest absolute Gasteiger partial charge is 0.491 e. The van der Waals surface area contributed by atoms with Gasteiger partial charge in [-0.05, 0) is 43.6 Å². The zero-order chi connectivity index (χ0) is 13.5. The summed E-state index contributed by atoms with van der Waals surface area (Å²) >= 11 is 0. The first-order valence-corrected chi connectivity index (χ1v) is 6.96. The van der Waals surface area contributed by atoms with Gasteiger partial charge in [0.15, 0.2) is 0 Å². The Kier molecular flexibility index (Phi) is 5.63. The van der Waals surface area contributed by atoms with Crippen molar-refractivity contribution >= 4 is 0 Å². The summed E-state index contributed by atoms with van der Waals surface area (Å²) in [5.74, 6) is 0.904. The van der Waals surface area contributed by atoms with E-state index in [1.165, 1.54) is 5.56 Å². The Morgan fingerprint density at radius 1 is 1.16 bits per heavy atom. The topological polar surface area (TPSA) is 47.7 Å². The molecule has 2 rings (SSSR count). The summed E-state index contributed by atoms with van der Waals surface area (Å²) in [7, 11) is 1.68. The summed E-state index contributed by atoms with van der Waals surface area (Å²) in [6.07, 6.45) is 2.22. The molecule has 1 fully saturated rings. The minimum atomic E-state index is 0.396. The van der Waals surface area contributed by atoms with Crippen molar-refractivity contribution in [2.45, 2.75) is 25.4 Å². The highest BCUT2D eigenvalue weighted by Crippen LogP contribution is 2.16. The highest BCUT2D eigenvalue weighted by molar-refractivity contribution is 5.27. The van der Waals surface area contributed by atoms with Gasteiger partial charge >= 0.3 is 0 Å². The lowest BCUT2D eigenvalue weighted by atomic mass is 10.1. The summed E-state index contributed by atoms with van der Waals surface area (Å²) in [5, 5.41) is 0. The summed E-state index contributed by atoms with van der Waals surface area (Å²) in [6.45, 7) is 4.43. The standard InChI is InChI=1S/C15H24N2O2/c1-18-10-11-19-15-4-2-13(3-5-15)12-17-8-6-14(16)7-9-17/h2-5,14H,6-12,16H2,1H3. The molecule has 2 N–H and O–H groups in total. The van der Waals surface area contributed by atoms with Gasteiger partial charge in [0.05, 0.1) is 6.61 Å². The second kappa shape index (κ2) is 7.48. The van der Waals surface area contributed by atoms with Crippen LogP contribution in [0.5, 0.6) is 5.75 Å². The average molecular weight is 264 g/mol. The van der Waals surface area contributed by atoms with E-state index in [1.54, 1.807) is 7.11 Å². The first kappa shape index (κ1) is 14.3. The molecule has 1 saturated heterocycles. The number of benzene rings is 1. The summed E-state index contributed by atoms with van der Waals surface area (Å²) in [5.41, 5.74) is 7.24. The fourth-order valence-corrected chi connectivity index (χ4v) is 2.30. The van der Waals surface area contributed by atoms with E-state index in [9.17, 15) is 0 Å². The predicted octanol–water partition coefficient (Wildman–Crippen LogP) is 1.63. The Balaban J connectivity index is 1.78. The van der Waals surface area contributed by atoms with Crippen molar-refractivity contribution in [1.82, 2.24) is 4.90 Å². The smallest absolute Gasteiger partial charge is 0.119 e. The Morgan fingerprint density at radius 3 is 2.47 bits per heavy atom. The molecular formula is C15H24N2O2. The van der Waals surface area contributed by atoms with Crippen molar-refractivity contribution in [3.8, 4) is 5.75 Å². The maximum atomic E-state index is 5.91. The average Bonchev–Trinajstić information content (AvgIpc) is 2.44. The summed E-state index contributed by atoms with van der Waals surface area (Å²) in [4.78, 5) is 2.46. The summed E-state index contributed by atoms with van der Waals surface area (Å²) < 4.78 is 10.5. The zero-order valence-electron chi connectivity index (χ0n) is 11.7. The van der Waals surface area contributed by atoms with Crippen LogP contribution in [0.1, 0.15) is 18.4 Å². The molecule has 19 heavy (non-hydrogen) atoms. The van der Waals surface area contributed by atoms with E-state index in [2.05, 4.69) is 17.0 Å². The van der Waals surface area contributed by atoms with E-state index in [1.807, 2.05) is 12.1 Å². The van der Waals surface area contributed by atoms with Crippen molar-refractivity contribution in [1.29, 1.82) is 0 Å². The van der Waals surface area contributed by atoms with E-state index in [-0.39, 0.29) is 0 Å². The van der Waals surface area contributed by atoms with Gasteiger partial charge < -0.3 is 15.2 Å². The van der Waals surface area contributed by atoms with Gasteiger partial charge in [-0.1, -0.05) is 12.1 Å². The lowest BCUT2D eigenvalue weighted by molar-refractivity contribution is 0.146. The van der Waals surface area contributed by atoms with Crippen LogP contribution in [0.4, 0.5) is 0 Å². The van der Waals surface area contributed by atoms with Gasteiger partial charge in [-0.25, -0.2) is 0 Å². The summed E-state index contributed by atoms with van der Waals surface area (Å²) in [6, 6.07) is 8.72. The number of hydrogen-bond acceptors (Lipinski definition) is 4. The second-order valence-corrected chi connectivity index (χ2v) is 5.10. The van der Waals surface area contributed by atoms with Gasteiger partial charge in [-0.15, -0.1) is 0 Å². The van der Waals surface area contributed by atoms with E-state index in [4.69, 9.17) is 15.2 Å². The first-order chi connectivity index (χ1) is 9.28. The zero-order valence-corrected chi connectivity index (χ0v) is 11.7. The van der Waals surface area contributed by atoms with Gasteiger partial charge in [0.1, 0.15) is 12.4 Å². The molecule has 1 aromatic carbocycles. The van der Waals surface area contributed by atoms with Crippen molar-refractivity contribution < 1.29 is 9.47 Å². The minimum absolute atomic E-state index is 0.396. The van der Waals surface area contributed by atoms with Gasteiger partial charge in [-0.3, -0.25) is 4.90 Å². The second-order valence-electron chi connectivity index (χ2n) is 5.10. The van der Waals surface area contributed by atoms with Crippen LogP contribution in [0, 0.1) is 0 Å². The molecule has 4 heteroatoms. The van der Waals surface area contributed by atoms with Crippen LogP contribution in [-0.2, 0) is 11.3 Å². The van der Waals surface area contributed by atoms with Crippen LogP contribution < -0.4 is 10.5 Å². The number of rotatable bonds is 6. The number of hydrogen-bond donors (Lipinski definition) is 1. The molecule has 1 heterocycles. The van der Waals surface area contributed by atoms with Crippen molar-refractivity contribution in [3.05, 3.63) is 29.8 Å². The Labute approximate surface area is 115 Å². The minimum Gasteiger partial charge on any atom is -0.491 e. The molecule has 0 amide bonds. The SMILES string of the molecule is COCCOc1ccc(CN2CCC(N)CC2)cc1. The highest BCUT2D eigenvalue weighted by atomic mass is 16.5. The molecule has 4 nitrogen and oxygen atoms in total. The molecule has 0 aromatic heterocycles. The quantitative estimate of drug-likeness (QED) is 0.793. The molecule has 106 valence electrons. The third-order valence-electron chi connectivity index (χ3n) is 3.52. The van der Waals surface area contributed by atoms with E-state index < -0.39 is 0 Å². The van der Waals surface area contributed by atoms with Crippen molar-refractivity contribution in [3.63, 3.8) is 0 Å². The molecule has 0 radical (unpaired) electrons. The highest BCUT2D eigenvalue weighted by Gasteiger charge is 2.15. The molecule has 1 aliphatic rings. The number of nitrogens with two attached hydrogens (primary N) is 1. The van der Waals surface area contributed by atoms with Crippen molar-refractivity contribution in [2.24, 2.45) is 5.73 Å². The van der Waals surface area contributed by atoms with E-state index in [0.29, 0.717) is 19.3 Å². The van der Waals surface area contributed by atoms with Crippen LogP contribution in [0.25, 0.3) is 0 Å². The molecule has 0 unspecified atom stereocenters. The molecule has 0 bridgehead atoms. The van der Waals surface area contributed by atoms with Crippen LogP contribution in [-0.4, -0.2) is 44.4 Å². The van der Waals surface area contributed by atoms with Crippen LogP contribution in [0.3, 0.4) is 0 Å². The van der Waals surface area contributed by atoms with Crippen LogP contribution in [0.15, 0.2) is 24.3 Å². The van der Waals surface area contributed by atoms with Crippen molar-refractivity contribution in [2.75, 3.05) is 33.4 Å². The van der Waals surface area contributed by atoms with Gasteiger partial charge in [0.25, 0.3) is 0 Å². The van der Waals surface area contributed by atoms with Gasteiger partial charge in [-0.2, -0.15) is 0 Å². The molecule has 0 spiro atoms. The predicted molar refractivity (Wildman–Crippen MR) is 76.3 cm³/mol. The van der Waals surface area contributed by atoms with E-state index in [0.717, 1.165) is 38.2 Å². The maximum Gasteiger partial charge on any atom is 0.119 e. The third kappa shape index (κ3) is 4.82. The molecule has 1 aromatic rings. The number of methoxy groups -OCH3 is 1. The maximum absolute atomic E-state index is 5.91. The Bertz CT molecular complexity index is 359. The molecule has 0 saturated carbocycles. The lowest BCUT2D eigenvalue weighted by Gasteiger charge is -2.30.